The van der Waals surface area contributed by atoms with Gasteiger partial charge in [0.15, 0.2) is 20.6 Å². The molecule has 510 valence electrons. The number of hydrogen-bond donors (Lipinski definition) is 5. The third kappa shape index (κ3) is 14.6. The predicted molar refractivity (Wildman–Crippen MR) is 360 cm³/mol. The predicted octanol–water partition coefficient (Wildman–Crippen LogP) is 11.2. The molecule has 20 nitrogen and oxygen atoms in total. The lowest BCUT2D eigenvalue weighted by molar-refractivity contribution is -0.135. The van der Waals surface area contributed by atoms with Crippen LogP contribution in [-0.4, -0.2) is 105 Å². The molecule has 6 aliphatic rings. The lowest BCUT2D eigenvalue weighted by Gasteiger charge is -2.45. The molecule has 4 amide bonds. The van der Waals surface area contributed by atoms with Crippen LogP contribution in [0.1, 0.15) is 94.2 Å². The van der Waals surface area contributed by atoms with E-state index in [2.05, 4.69) is 37.5 Å². The molecule has 0 radical (unpaired) electrons. The highest BCUT2D eigenvalue weighted by Gasteiger charge is 2.59. The van der Waals surface area contributed by atoms with Crippen molar-refractivity contribution in [3.05, 3.63) is 208 Å². The van der Waals surface area contributed by atoms with E-state index in [0.29, 0.717) is 68.3 Å². The standard InChI is InChI=1S/C27H30F2N4O4S.C21H21F2N5O2S.C20H19F2N3O2S/c1-16(31-25(35)37-26(3,4)5)30-13-12-18-15-36-23-9-7-6-8-21(23)27(18)33(17(2)34)32-24(38-27)20-14-19(28)10-11-22(20)29;1-12(29)28-21(31-19(27-28)15-10-14(22)6-7-17(15)23)13(8-9-26-20(24)25)11-30-18-5-3-2-4-16(18)21;1-12(26)25-20(28-19(24-25)15-10-14(21)6-7-17(15)22)13(8-9-23)11-27-18-5-3-2-4-16(18)20/h6-11,14,18,30H,1,12-13,15H2,2-5H3,(H,31,35);2-7,10,13H,8-9,11H2,1H3,(H4,24,25,26);2-7,10,13H,8-9,11,23H2,1H3/t18-,27+;13-,21+;13-,20+/m111/s1. The van der Waals surface area contributed by atoms with Crippen molar-refractivity contribution in [2.45, 2.75) is 81.0 Å². The number of nitrogens with zero attached hydrogens (tertiary/aromatic N) is 7. The van der Waals surface area contributed by atoms with E-state index in [4.69, 9.17) is 36.1 Å². The summed E-state index contributed by atoms with van der Waals surface area (Å²) in [6.45, 7) is 15.2. The molecule has 6 atom stereocenters. The number of aliphatic imine (C=N–C) groups is 1. The molecule has 8 N–H and O–H groups in total. The number of guanidine groups is 1. The number of benzene rings is 6. The molecular weight excluding hydrogens is 1320 g/mol. The van der Waals surface area contributed by atoms with Crippen molar-refractivity contribution in [1.29, 1.82) is 0 Å². The van der Waals surface area contributed by atoms with Crippen LogP contribution in [0.4, 0.5) is 31.1 Å². The van der Waals surface area contributed by atoms with Crippen LogP contribution < -0.4 is 42.0 Å². The number of alkyl carbamates (subject to hydrolysis) is 1. The van der Waals surface area contributed by atoms with Crippen LogP contribution in [-0.2, 0) is 33.7 Å². The zero-order valence-corrected chi connectivity index (χ0v) is 56.0. The van der Waals surface area contributed by atoms with Crippen molar-refractivity contribution >= 4 is 80.2 Å². The van der Waals surface area contributed by atoms with Crippen molar-refractivity contribution in [2.75, 3.05) is 39.5 Å². The summed E-state index contributed by atoms with van der Waals surface area (Å²) in [5.41, 5.74) is 18.3. The third-order valence-corrected chi connectivity index (χ3v) is 20.8. The number of hydrogen-bond acceptors (Lipinski definition) is 17. The van der Waals surface area contributed by atoms with Crippen LogP contribution in [0.2, 0.25) is 0 Å². The molecule has 6 aromatic carbocycles. The maximum absolute atomic E-state index is 14.7. The van der Waals surface area contributed by atoms with E-state index in [9.17, 15) is 45.5 Å². The second-order valence-corrected chi connectivity index (χ2v) is 27.6. The minimum Gasteiger partial charge on any atom is -0.493 e. The van der Waals surface area contributed by atoms with Crippen molar-refractivity contribution in [2.24, 2.45) is 55.3 Å². The Morgan fingerprint density at radius 1 is 0.577 bits per heavy atom. The molecule has 0 aromatic heterocycles. The first-order valence-electron chi connectivity index (χ1n) is 30.7. The fourth-order valence-electron chi connectivity index (χ4n) is 12.1. The third-order valence-electron chi connectivity index (χ3n) is 16.2. The number of amides is 4. The number of nitrogens with one attached hydrogen (secondary N) is 2. The normalized spacial score (nSPS) is 21.7. The Morgan fingerprint density at radius 2 is 0.928 bits per heavy atom. The average molecular weight is 1390 g/mol. The monoisotopic (exact) mass is 1390 g/mol. The minimum absolute atomic E-state index is 0.0000661. The zero-order valence-electron chi connectivity index (χ0n) is 53.5. The summed E-state index contributed by atoms with van der Waals surface area (Å²) in [5, 5.41) is 23.7. The highest BCUT2D eigenvalue weighted by atomic mass is 32.2. The number of rotatable bonds is 13. The largest absolute Gasteiger partial charge is 0.493 e. The second-order valence-electron chi connectivity index (χ2n) is 24.0. The number of carbonyl (C=O) groups is 4. The zero-order chi connectivity index (χ0) is 69.7. The van der Waals surface area contributed by atoms with Crippen molar-refractivity contribution in [1.82, 2.24) is 25.7 Å². The number of nitrogens with two attached hydrogens (primary N) is 3. The van der Waals surface area contributed by atoms with Gasteiger partial charge < -0.3 is 41.5 Å². The lowest BCUT2D eigenvalue weighted by atomic mass is 9.86. The number of para-hydroxylation sites is 3. The van der Waals surface area contributed by atoms with Gasteiger partial charge in [0.2, 0.25) is 17.7 Å². The van der Waals surface area contributed by atoms with Crippen LogP contribution >= 0.6 is 35.3 Å². The molecule has 0 saturated carbocycles. The molecule has 0 unspecified atom stereocenters. The number of halogens is 6. The summed E-state index contributed by atoms with van der Waals surface area (Å²) >= 11 is 3.66. The van der Waals surface area contributed by atoms with E-state index in [1.807, 2.05) is 66.7 Å². The summed E-state index contributed by atoms with van der Waals surface area (Å²) < 4.78 is 109. The Balaban J connectivity index is 0.000000160. The van der Waals surface area contributed by atoms with Gasteiger partial charge in [0.05, 0.1) is 19.8 Å². The molecule has 97 heavy (non-hydrogen) atoms. The first-order chi connectivity index (χ1) is 46.2. The Hall–Kier alpha value is -9.19. The first-order valence-corrected chi connectivity index (χ1v) is 33.1. The van der Waals surface area contributed by atoms with Crippen LogP contribution in [0.25, 0.3) is 0 Å². The smallest absolute Gasteiger partial charge is 0.413 e. The topological polar surface area (TPSA) is 266 Å². The van der Waals surface area contributed by atoms with Crippen LogP contribution in [0.15, 0.2) is 160 Å². The minimum atomic E-state index is -1.06. The van der Waals surface area contributed by atoms with Crippen molar-refractivity contribution in [3.8, 4) is 17.2 Å². The summed E-state index contributed by atoms with van der Waals surface area (Å²) in [7, 11) is 0. The maximum atomic E-state index is 14.7. The molecule has 29 heteroatoms. The number of carbonyl (C=O) groups excluding carboxylic acids is 4. The summed E-state index contributed by atoms with van der Waals surface area (Å²) in [4.78, 5) is 51.3. The van der Waals surface area contributed by atoms with Crippen molar-refractivity contribution in [3.63, 3.8) is 0 Å². The van der Waals surface area contributed by atoms with Gasteiger partial charge in [0.1, 0.15) is 78.7 Å². The van der Waals surface area contributed by atoms with Crippen molar-refractivity contribution < 1.29 is 64.5 Å². The van der Waals surface area contributed by atoms with Gasteiger partial charge in [0, 0.05) is 85.0 Å². The summed E-state index contributed by atoms with van der Waals surface area (Å²) in [6, 6.07) is 31.6. The van der Waals surface area contributed by atoms with E-state index >= 15 is 0 Å². The van der Waals surface area contributed by atoms with Gasteiger partial charge in [-0.3, -0.25) is 24.7 Å². The molecule has 3 spiro atoms. The van der Waals surface area contributed by atoms with E-state index < -0.39 is 61.2 Å². The fraction of sp³-hybridized carbons (Fsp3) is 0.324. The Kier molecular flexibility index (Phi) is 21.3. The molecular formula is C68H70F6N12O8S3. The van der Waals surface area contributed by atoms with E-state index in [0.717, 1.165) is 65.7 Å². The summed E-state index contributed by atoms with van der Waals surface area (Å²) in [6.07, 6.45) is 0.900. The highest BCUT2D eigenvalue weighted by molar-refractivity contribution is 8.16. The van der Waals surface area contributed by atoms with Gasteiger partial charge in [-0.2, -0.15) is 15.3 Å². The van der Waals surface area contributed by atoms with Crippen LogP contribution in [0.5, 0.6) is 17.2 Å². The highest BCUT2D eigenvalue weighted by Crippen LogP contribution is 2.60. The molecule has 0 fully saturated rings. The van der Waals surface area contributed by atoms with Gasteiger partial charge in [-0.25, -0.2) is 46.2 Å². The molecule has 0 bridgehead atoms. The number of thioether (sulfide) groups is 3. The molecule has 6 aromatic rings. The van der Waals surface area contributed by atoms with Gasteiger partial charge >= 0.3 is 6.09 Å². The van der Waals surface area contributed by atoms with E-state index in [1.165, 1.54) is 71.1 Å². The number of ether oxygens (including phenoxy) is 4. The molecule has 6 heterocycles. The Bertz CT molecular complexity index is 4180. The number of hydrazone groups is 3. The molecule has 0 aliphatic carbocycles. The molecule has 6 aliphatic heterocycles. The van der Waals surface area contributed by atoms with Gasteiger partial charge in [0.25, 0.3) is 0 Å². The molecule has 12 rings (SSSR count). The summed E-state index contributed by atoms with van der Waals surface area (Å²) in [5.74, 6) is -3.28. The second kappa shape index (κ2) is 29.3. The number of fused-ring (bicyclic) bond motifs is 6. The van der Waals surface area contributed by atoms with E-state index in [1.54, 1.807) is 26.8 Å². The fourth-order valence-corrected chi connectivity index (χ4v) is 16.8. The van der Waals surface area contributed by atoms with Gasteiger partial charge in [-0.1, -0.05) is 96.5 Å². The average Bonchev–Trinajstić information content (AvgIpc) is 1.64. The van der Waals surface area contributed by atoms with Gasteiger partial charge in [-0.05, 0) is 119 Å². The lowest BCUT2D eigenvalue weighted by Crippen LogP contribution is -2.51. The van der Waals surface area contributed by atoms with Crippen LogP contribution in [0.3, 0.4) is 0 Å². The molecule has 0 saturated heterocycles. The SMILES string of the molecule is C=C(NCC[C@@H]1COc2ccccc2[C@@]12SC(c1cc(F)ccc1F)=NN2C(C)=O)NC(=O)OC(C)(C)C.CC(=O)N1N=C(c2cc(F)ccc2F)S[C@@]12c1ccccc1OC[C@H]2CCN.CC(=O)N1N=C(c2cc(F)ccc2F)S[C@@]12c1ccccc1OC[C@H]2CCN=C(N)N. The first kappa shape index (κ1) is 70.6. The maximum Gasteiger partial charge on any atom is 0.413 e. The van der Waals surface area contributed by atoms with E-state index in [-0.39, 0.29) is 92.3 Å². The van der Waals surface area contributed by atoms with Crippen LogP contribution in [0, 0.1) is 52.7 Å². The quantitative estimate of drug-likeness (QED) is 0.0409. The Morgan fingerprint density at radius 3 is 1.27 bits per heavy atom. The Labute approximate surface area is 568 Å². The van der Waals surface area contributed by atoms with Gasteiger partial charge in [-0.15, -0.1) is 0 Å².